The molecule has 2 heterocycles. The third-order valence-corrected chi connectivity index (χ3v) is 4.58. The maximum atomic E-state index is 5.81. The van der Waals surface area contributed by atoms with Crippen molar-refractivity contribution in [1.29, 1.82) is 0 Å². The number of hydrogen-bond donors (Lipinski definition) is 1. The lowest BCUT2D eigenvalue weighted by atomic mass is 9.92. The quantitative estimate of drug-likeness (QED) is 0.917. The van der Waals surface area contributed by atoms with Gasteiger partial charge in [0, 0.05) is 35.3 Å². The van der Waals surface area contributed by atoms with E-state index in [0.29, 0.717) is 6.61 Å². The second-order valence-corrected chi connectivity index (χ2v) is 6.72. The van der Waals surface area contributed by atoms with E-state index in [1.165, 1.54) is 5.57 Å². The molecule has 20 heavy (non-hydrogen) atoms. The highest BCUT2D eigenvalue weighted by molar-refractivity contribution is 9.10. The molecule has 3 rings (SSSR count). The molecule has 0 spiro atoms. The van der Waals surface area contributed by atoms with Gasteiger partial charge < -0.3 is 14.8 Å². The van der Waals surface area contributed by atoms with Crippen LogP contribution in [-0.2, 0) is 4.74 Å². The van der Waals surface area contributed by atoms with Gasteiger partial charge in [-0.2, -0.15) is 0 Å². The summed E-state index contributed by atoms with van der Waals surface area (Å²) in [5, 5.41) is 3.67. The Morgan fingerprint density at radius 3 is 2.90 bits per heavy atom. The molecular formula is C16H20BrNO2. The van der Waals surface area contributed by atoms with Crippen LogP contribution in [0.4, 0.5) is 0 Å². The van der Waals surface area contributed by atoms with Crippen molar-refractivity contribution in [1.82, 2.24) is 5.32 Å². The molecule has 1 aromatic carbocycles. The minimum atomic E-state index is 0.191. The summed E-state index contributed by atoms with van der Waals surface area (Å²) in [7, 11) is 0. The maximum absolute atomic E-state index is 5.81. The van der Waals surface area contributed by atoms with Crippen molar-refractivity contribution in [3.8, 4) is 5.75 Å². The summed E-state index contributed by atoms with van der Waals surface area (Å²) >= 11 is 3.51. The Morgan fingerprint density at radius 2 is 2.10 bits per heavy atom. The highest BCUT2D eigenvalue weighted by Gasteiger charge is 2.27. The predicted octanol–water partition coefficient (Wildman–Crippen LogP) is 3.38. The molecule has 2 aliphatic rings. The van der Waals surface area contributed by atoms with Gasteiger partial charge in [-0.1, -0.05) is 15.9 Å². The van der Waals surface area contributed by atoms with Crippen LogP contribution in [0, 0.1) is 0 Å². The highest BCUT2D eigenvalue weighted by Crippen LogP contribution is 2.29. The van der Waals surface area contributed by atoms with Crippen molar-refractivity contribution in [2.45, 2.75) is 25.3 Å². The van der Waals surface area contributed by atoms with Crippen molar-refractivity contribution in [3.63, 3.8) is 0 Å². The molecule has 3 nitrogen and oxygen atoms in total. The monoisotopic (exact) mass is 337 g/mol. The van der Waals surface area contributed by atoms with Crippen LogP contribution < -0.4 is 10.1 Å². The third-order valence-electron chi connectivity index (χ3n) is 4.08. The number of hydrogen-bond acceptors (Lipinski definition) is 3. The number of nitrogens with one attached hydrogen (secondary N) is 1. The third kappa shape index (κ3) is 3.25. The molecule has 0 aromatic heterocycles. The van der Waals surface area contributed by atoms with Gasteiger partial charge in [0.25, 0.3) is 0 Å². The van der Waals surface area contributed by atoms with Crippen molar-refractivity contribution in [2.24, 2.45) is 0 Å². The van der Waals surface area contributed by atoms with Crippen LogP contribution in [0.3, 0.4) is 0 Å². The fourth-order valence-electron chi connectivity index (χ4n) is 2.62. The normalized spacial score (nSPS) is 20.8. The Morgan fingerprint density at radius 1 is 1.30 bits per heavy atom. The van der Waals surface area contributed by atoms with E-state index in [4.69, 9.17) is 9.47 Å². The van der Waals surface area contributed by atoms with Crippen molar-refractivity contribution in [3.05, 3.63) is 33.8 Å². The smallest absolute Gasteiger partial charge is 0.127 e. The fraction of sp³-hybridized carbons (Fsp3) is 0.500. The lowest BCUT2D eigenvalue weighted by Crippen LogP contribution is -2.47. The number of benzene rings is 1. The van der Waals surface area contributed by atoms with E-state index >= 15 is 0 Å². The second-order valence-electron chi connectivity index (χ2n) is 5.80. The average molecular weight is 338 g/mol. The molecule has 0 saturated carbocycles. The number of halogens is 1. The first-order chi connectivity index (χ1) is 9.65. The van der Waals surface area contributed by atoms with Gasteiger partial charge in [0.2, 0.25) is 0 Å². The van der Waals surface area contributed by atoms with Crippen LogP contribution in [-0.4, -0.2) is 31.9 Å². The lowest BCUT2D eigenvalue weighted by Gasteiger charge is -2.35. The van der Waals surface area contributed by atoms with E-state index in [1.807, 2.05) is 12.1 Å². The highest BCUT2D eigenvalue weighted by atomic mass is 79.9. The zero-order valence-corrected chi connectivity index (χ0v) is 13.3. The standard InChI is InChI=1S/C16H20BrNO2/c1-16(4-6-19-7-5-16)18-10-12-8-13-9-14(17)2-3-15(13)20-11-12/h2-3,8-9,18H,4-7,10-11H2,1H3. The van der Waals surface area contributed by atoms with Crippen LogP contribution >= 0.6 is 15.9 Å². The van der Waals surface area contributed by atoms with Gasteiger partial charge in [0.1, 0.15) is 12.4 Å². The Hall–Kier alpha value is -0.840. The molecule has 0 amide bonds. The first-order valence-electron chi connectivity index (χ1n) is 7.09. The van der Waals surface area contributed by atoms with Gasteiger partial charge in [-0.15, -0.1) is 0 Å². The Bertz CT molecular complexity index is 521. The predicted molar refractivity (Wildman–Crippen MR) is 84.1 cm³/mol. The molecule has 1 N–H and O–H groups in total. The Labute approximate surface area is 128 Å². The zero-order valence-electron chi connectivity index (χ0n) is 11.7. The van der Waals surface area contributed by atoms with Crippen LogP contribution in [0.2, 0.25) is 0 Å². The van der Waals surface area contributed by atoms with E-state index < -0.39 is 0 Å². The number of ether oxygens (including phenoxy) is 2. The van der Waals surface area contributed by atoms with Crippen LogP contribution in [0.15, 0.2) is 28.2 Å². The summed E-state index contributed by atoms with van der Waals surface area (Å²) in [6, 6.07) is 6.13. The SMILES string of the molecule is CC1(NCC2=Cc3cc(Br)ccc3OC2)CCOCC1. The zero-order chi connectivity index (χ0) is 14.0. The van der Waals surface area contributed by atoms with Gasteiger partial charge in [-0.25, -0.2) is 0 Å². The molecule has 0 atom stereocenters. The van der Waals surface area contributed by atoms with Crippen LogP contribution in [0.5, 0.6) is 5.75 Å². The molecule has 1 fully saturated rings. The minimum Gasteiger partial charge on any atom is -0.489 e. The number of fused-ring (bicyclic) bond motifs is 1. The minimum absolute atomic E-state index is 0.191. The van der Waals surface area contributed by atoms with Gasteiger partial charge in [0.15, 0.2) is 0 Å². The molecule has 2 aliphatic heterocycles. The summed E-state index contributed by atoms with van der Waals surface area (Å²) in [4.78, 5) is 0. The lowest BCUT2D eigenvalue weighted by molar-refractivity contribution is 0.0463. The Balaban J connectivity index is 1.66. The van der Waals surface area contributed by atoms with Crippen molar-refractivity contribution in [2.75, 3.05) is 26.4 Å². The van der Waals surface area contributed by atoms with E-state index in [-0.39, 0.29) is 5.54 Å². The van der Waals surface area contributed by atoms with E-state index in [1.54, 1.807) is 0 Å². The number of rotatable bonds is 3. The van der Waals surface area contributed by atoms with Gasteiger partial charge in [-0.3, -0.25) is 0 Å². The van der Waals surface area contributed by atoms with E-state index in [2.05, 4.69) is 40.3 Å². The summed E-state index contributed by atoms with van der Waals surface area (Å²) in [5.74, 6) is 0.967. The maximum Gasteiger partial charge on any atom is 0.127 e. The average Bonchev–Trinajstić information content (AvgIpc) is 2.45. The van der Waals surface area contributed by atoms with Gasteiger partial charge >= 0.3 is 0 Å². The van der Waals surface area contributed by atoms with Gasteiger partial charge in [0.05, 0.1) is 0 Å². The molecule has 0 radical (unpaired) electrons. The summed E-state index contributed by atoms with van der Waals surface area (Å²) in [6.07, 6.45) is 4.38. The molecular weight excluding hydrogens is 318 g/mol. The first kappa shape index (κ1) is 14.1. The topological polar surface area (TPSA) is 30.5 Å². The van der Waals surface area contributed by atoms with Crippen LogP contribution in [0.25, 0.3) is 6.08 Å². The second kappa shape index (κ2) is 5.88. The van der Waals surface area contributed by atoms with Crippen molar-refractivity contribution < 1.29 is 9.47 Å². The molecule has 1 saturated heterocycles. The molecule has 0 bridgehead atoms. The summed E-state index contributed by atoms with van der Waals surface area (Å²) in [6.45, 7) is 5.55. The molecule has 1 aromatic rings. The van der Waals surface area contributed by atoms with E-state index in [0.717, 1.165) is 48.4 Å². The molecule has 0 unspecified atom stereocenters. The van der Waals surface area contributed by atoms with Gasteiger partial charge in [-0.05, 0) is 49.6 Å². The van der Waals surface area contributed by atoms with Crippen molar-refractivity contribution >= 4 is 22.0 Å². The Kier molecular flexibility index (Phi) is 4.15. The van der Waals surface area contributed by atoms with E-state index in [9.17, 15) is 0 Å². The summed E-state index contributed by atoms with van der Waals surface area (Å²) < 4.78 is 12.3. The first-order valence-corrected chi connectivity index (χ1v) is 7.89. The molecule has 0 aliphatic carbocycles. The fourth-order valence-corrected chi connectivity index (χ4v) is 3.00. The summed E-state index contributed by atoms with van der Waals surface area (Å²) in [5.41, 5.74) is 2.64. The molecule has 4 heteroatoms. The largest absolute Gasteiger partial charge is 0.489 e. The van der Waals surface area contributed by atoms with Crippen LogP contribution in [0.1, 0.15) is 25.3 Å². The molecule has 108 valence electrons.